The number of anilines is 1. The smallest absolute Gasteiger partial charge is 0.258 e. The molecule has 7 nitrogen and oxygen atoms in total. The summed E-state index contributed by atoms with van der Waals surface area (Å²) in [6, 6.07) is 24.6. The lowest BCUT2D eigenvalue weighted by Gasteiger charge is -2.30. The second-order valence-electron chi connectivity index (χ2n) is 8.36. The van der Waals surface area contributed by atoms with Gasteiger partial charge < -0.3 is 15.0 Å². The maximum atomic E-state index is 13.6. The second kappa shape index (κ2) is 11.6. The molecule has 1 N–H and O–H groups in total. The van der Waals surface area contributed by atoms with E-state index in [1.165, 1.54) is 18.4 Å². The van der Waals surface area contributed by atoms with E-state index in [4.69, 9.17) is 4.74 Å². The number of benzene rings is 3. The molecule has 0 fully saturated rings. The number of aryl methyl sites for hydroxylation is 1. The van der Waals surface area contributed by atoms with Crippen LogP contribution in [0.25, 0.3) is 10.6 Å². The molecule has 8 heteroatoms. The van der Waals surface area contributed by atoms with Crippen LogP contribution in [0.1, 0.15) is 40.9 Å². The number of carbonyl (C=O) groups excluding carboxylic acids is 2. The molecule has 0 aliphatic carbocycles. The van der Waals surface area contributed by atoms with Gasteiger partial charge in [-0.25, -0.2) is 0 Å². The topological polar surface area (TPSA) is 84.4 Å². The summed E-state index contributed by atoms with van der Waals surface area (Å²) < 4.78 is 5.41. The minimum Gasteiger partial charge on any atom is -0.496 e. The van der Waals surface area contributed by atoms with Crippen LogP contribution in [0, 0.1) is 6.92 Å². The van der Waals surface area contributed by atoms with Gasteiger partial charge in [0.25, 0.3) is 5.91 Å². The van der Waals surface area contributed by atoms with Gasteiger partial charge in [0, 0.05) is 18.5 Å². The molecular weight excluding hydrogens is 472 g/mol. The van der Waals surface area contributed by atoms with Gasteiger partial charge in [-0.2, -0.15) is 0 Å². The Balaban J connectivity index is 1.48. The molecule has 4 rings (SSSR count). The average molecular weight is 501 g/mol. The summed E-state index contributed by atoms with van der Waals surface area (Å²) in [4.78, 5) is 28.1. The summed E-state index contributed by atoms with van der Waals surface area (Å²) in [5.41, 5.74) is 3.54. The third kappa shape index (κ3) is 5.95. The van der Waals surface area contributed by atoms with E-state index >= 15 is 0 Å². The van der Waals surface area contributed by atoms with Gasteiger partial charge in [-0.05, 0) is 31.5 Å². The largest absolute Gasteiger partial charge is 0.496 e. The van der Waals surface area contributed by atoms with Crippen LogP contribution in [0.2, 0.25) is 0 Å². The molecule has 1 unspecified atom stereocenters. The third-order valence-corrected chi connectivity index (χ3v) is 6.79. The highest BCUT2D eigenvalue weighted by Crippen LogP contribution is 2.28. The van der Waals surface area contributed by atoms with E-state index in [0.717, 1.165) is 21.7 Å². The van der Waals surface area contributed by atoms with Gasteiger partial charge >= 0.3 is 0 Å². The van der Waals surface area contributed by atoms with Crippen molar-refractivity contribution in [1.82, 2.24) is 15.1 Å². The molecule has 0 aliphatic heterocycles. The highest BCUT2D eigenvalue weighted by Gasteiger charge is 2.25. The highest BCUT2D eigenvalue weighted by atomic mass is 32.1. The maximum Gasteiger partial charge on any atom is 0.258 e. The Bertz CT molecular complexity index is 1320. The fourth-order valence-corrected chi connectivity index (χ4v) is 4.61. The number of aromatic nitrogens is 2. The van der Waals surface area contributed by atoms with E-state index in [1.54, 1.807) is 23.1 Å². The zero-order chi connectivity index (χ0) is 25.5. The first-order valence-electron chi connectivity index (χ1n) is 11.7. The van der Waals surface area contributed by atoms with Crippen molar-refractivity contribution in [2.24, 2.45) is 0 Å². The predicted octanol–water partition coefficient (Wildman–Crippen LogP) is 5.75. The summed E-state index contributed by atoms with van der Waals surface area (Å²) >= 11 is 1.31. The van der Waals surface area contributed by atoms with E-state index < -0.39 is 0 Å². The lowest BCUT2D eigenvalue weighted by atomic mass is 10.0. The molecule has 0 spiro atoms. The fraction of sp³-hybridized carbons (Fsp3) is 0.214. The number of amides is 2. The van der Waals surface area contributed by atoms with Crippen molar-refractivity contribution >= 4 is 28.3 Å². The lowest BCUT2D eigenvalue weighted by Crippen LogP contribution is -2.36. The molecule has 3 aromatic carbocycles. The number of rotatable bonds is 9. The molecule has 1 heterocycles. The number of nitrogens with one attached hydrogen (secondary N) is 1. The van der Waals surface area contributed by atoms with E-state index in [9.17, 15) is 9.59 Å². The standard InChI is InChI=1S/C28H28N4O3S/c1-19-13-15-22(16-14-19)26-30-31-28(36-26)29-25(33)17-18-32(20(2)21-9-5-4-6-10-21)27(34)23-11-7-8-12-24(23)35-3/h4-16,20H,17-18H2,1-3H3,(H,29,31,33). The number of carbonyl (C=O) groups is 2. The first-order chi connectivity index (χ1) is 17.5. The van der Waals surface area contributed by atoms with Crippen LogP contribution in [-0.4, -0.2) is 40.6 Å². The van der Waals surface area contributed by atoms with Gasteiger partial charge in [-0.1, -0.05) is 83.6 Å². The minimum absolute atomic E-state index is 0.109. The molecule has 1 aromatic heterocycles. The highest BCUT2D eigenvalue weighted by molar-refractivity contribution is 7.18. The predicted molar refractivity (Wildman–Crippen MR) is 142 cm³/mol. The van der Waals surface area contributed by atoms with Gasteiger partial charge in [0.1, 0.15) is 10.8 Å². The van der Waals surface area contributed by atoms with E-state index in [1.807, 2.05) is 74.5 Å². The number of ether oxygens (including phenoxy) is 1. The van der Waals surface area contributed by atoms with Crippen LogP contribution < -0.4 is 10.1 Å². The van der Waals surface area contributed by atoms with Gasteiger partial charge in [0.2, 0.25) is 11.0 Å². The first-order valence-corrected chi connectivity index (χ1v) is 12.5. The zero-order valence-electron chi connectivity index (χ0n) is 20.5. The van der Waals surface area contributed by atoms with E-state index in [-0.39, 0.29) is 30.8 Å². The molecule has 184 valence electrons. The summed E-state index contributed by atoms with van der Waals surface area (Å²) in [6.45, 7) is 4.21. The van der Waals surface area contributed by atoms with Crippen LogP contribution in [0.3, 0.4) is 0 Å². The Kier molecular flexibility index (Phi) is 8.07. The molecule has 0 bridgehead atoms. The zero-order valence-corrected chi connectivity index (χ0v) is 21.3. The maximum absolute atomic E-state index is 13.6. The Morgan fingerprint density at radius 3 is 2.39 bits per heavy atom. The number of hydrogen-bond acceptors (Lipinski definition) is 6. The molecule has 0 aliphatic rings. The second-order valence-corrected chi connectivity index (χ2v) is 9.34. The molecule has 1 atom stereocenters. The number of hydrogen-bond donors (Lipinski definition) is 1. The molecule has 0 saturated carbocycles. The fourth-order valence-electron chi connectivity index (χ4n) is 3.85. The number of nitrogens with zero attached hydrogens (tertiary/aromatic N) is 3. The summed E-state index contributed by atoms with van der Waals surface area (Å²) in [6.07, 6.45) is 0.109. The van der Waals surface area contributed by atoms with Crippen LogP contribution in [0.15, 0.2) is 78.9 Å². The minimum atomic E-state index is -0.244. The Morgan fingerprint density at radius 2 is 1.67 bits per heavy atom. The molecular formula is C28H28N4O3S. The van der Waals surface area contributed by atoms with Crippen molar-refractivity contribution in [3.63, 3.8) is 0 Å². The van der Waals surface area contributed by atoms with Gasteiger partial charge in [0.15, 0.2) is 0 Å². The quantitative estimate of drug-likeness (QED) is 0.316. The Hall–Kier alpha value is -4.04. The average Bonchev–Trinajstić information content (AvgIpc) is 3.37. The van der Waals surface area contributed by atoms with Crippen LogP contribution in [0.5, 0.6) is 5.75 Å². The number of methoxy groups -OCH3 is 1. The van der Waals surface area contributed by atoms with Crippen molar-refractivity contribution in [3.05, 3.63) is 95.6 Å². The number of para-hydroxylation sites is 1. The van der Waals surface area contributed by atoms with E-state index in [0.29, 0.717) is 16.4 Å². The Labute approximate surface area is 214 Å². The van der Waals surface area contributed by atoms with Crippen LogP contribution in [-0.2, 0) is 4.79 Å². The molecule has 36 heavy (non-hydrogen) atoms. The summed E-state index contributed by atoms with van der Waals surface area (Å²) in [5, 5.41) is 12.3. The van der Waals surface area contributed by atoms with Crippen molar-refractivity contribution in [2.45, 2.75) is 26.3 Å². The van der Waals surface area contributed by atoms with Gasteiger partial charge in [-0.3, -0.25) is 9.59 Å². The van der Waals surface area contributed by atoms with Crippen molar-refractivity contribution in [1.29, 1.82) is 0 Å². The van der Waals surface area contributed by atoms with Gasteiger partial charge in [-0.15, -0.1) is 10.2 Å². The third-order valence-electron chi connectivity index (χ3n) is 5.90. The molecule has 2 amide bonds. The Morgan fingerprint density at radius 1 is 0.972 bits per heavy atom. The monoisotopic (exact) mass is 500 g/mol. The molecule has 4 aromatic rings. The van der Waals surface area contributed by atoms with Crippen molar-refractivity contribution in [3.8, 4) is 16.3 Å². The van der Waals surface area contributed by atoms with Crippen LogP contribution >= 0.6 is 11.3 Å². The van der Waals surface area contributed by atoms with Crippen molar-refractivity contribution in [2.75, 3.05) is 19.0 Å². The van der Waals surface area contributed by atoms with Crippen LogP contribution in [0.4, 0.5) is 5.13 Å². The van der Waals surface area contributed by atoms with Crippen molar-refractivity contribution < 1.29 is 14.3 Å². The lowest BCUT2D eigenvalue weighted by molar-refractivity contribution is -0.116. The summed E-state index contributed by atoms with van der Waals surface area (Å²) in [5.74, 6) is 0.0589. The molecule has 0 saturated heterocycles. The SMILES string of the molecule is COc1ccccc1C(=O)N(CCC(=O)Nc1nnc(-c2ccc(C)cc2)s1)C(C)c1ccccc1. The van der Waals surface area contributed by atoms with E-state index in [2.05, 4.69) is 15.5 Å². The first kappa shape index (κ1) is 25.1. The van der Waals surface area contributed by atoms with Gasteiger partial charge in [0.05, 0.1) is 18.7 Å². The molecule has 0 radical (unpaired) electrons. The normalized spacial score (nSPS) is 11.5. The summed E-state index contributed by atoms with van der Waals surface area (Å²) in [7, 11) is 1.54.